The maximum atomic E-state index is 6.23. The van der Waals surface area contributed by atoms with Crippen molar-refractivity contribution in [3.63, 3.8) is 0 Å². The normalized spacial score (nSPS) is 27.8. The van der Waals surface area contributed by atoms with Crippen LogP contribution in [0.2, 0.25) is 5.02 Å². The van der Waals surface area contributed by atoms with E-state index in [4.69, 9.17) is 11.6 Å². The van der Waals surface area contributed by atoms with Gasteiger partial charge in [0.15, 0.2) is 0 Å². The molecule has 0 spiro atoms. The molecule has 86 valence electrons. The van der Waals surface area contributed by atoms with Crippen LogP contribution < -0.4 is 10.2 Å². The number of halogens is 1. The Bertz CT molecular complexity index is 430. The fourth-order valence-electron chi connectivity index (χ4n) is 3.10. The Balaban J connectivity index is 2.11. The van der Waals surface area contributed by atoms with Gasteiger partial charge in [0.2, 0.25) is 0 Å². The quantitative estimate of drug-likeness (QED) is 0.744. The summed E-state index contributed by atoms with van der Waals surface area (Å²) in [5.74, 6) is 0. The summed E-state index contributed by atoms with van der Waals surface area (Å²) in [6.07, 6.45) is 1.16. The standard InChI is InChI=1S/C13H17ClN2/c1-8-6-15-7-11-5-10-3-4-12(14)9(2)13(10)16(8)11/h3-4,8,11,15H,5-7H2,1-2H3/t8?,11-/m0/s1. The molecular formula is C13H17ClN2. The highest BCUT2D eigenvalue weighted by Gasteiger charge is 2.36. The first-order valence-corrected chi connectivity index (χ1v) is 6.33. The maximum Gasteiger partial charge on any atom is 0.0459 e. The average Bonchev–Trinajstić information content (AvgIpc) is 2.64. The van der Waals surface area contributed by atoms with Crippen LogP contribution in [0.1, 0.15) is 18.1 Å². The van der Waals surface area contributed by atoms with Gasteiger partial charge in [-0.05, 0) is 37.5 Å². The van der Waals surface area contributed by atoms with E-state index in [9.17, 15) is 0 Å². The Kier molecular flexibility index (Phi) is 2.37. The highest BCUT2D eigenvalue weighted by Crippen LogP contribution is 2.40. The van der Waals surface area contributed by atoms with Crippen LogP contribution in [0.4, 0.5) is 5.69 Å². The number of hydrogen-bond donors (Lipinski definition) is 1. The Morgan fingerprint density at radius 3 is 3.00 bits per heavy atom. The Morgan fingerprint density at radius 1 is 1.38 bits per heavy atom. The molecule has 0 radical (unpaired) electrons. The van der Waals surface area contributed by atoms with E-state index in [0.29, 0.717) is 12.1 Å². The van der Waals surface area contributed by atoms with Crippen molar-refractivity contribution in [3.05, 3.63) is 28.3 Å². The number of anilines is 1. The topological polar surface area (TPSA) is 15.3 Å². The van der Waals surface area contributed by atoms with Crippen LogP contribution in [0.3, 0.4) is 0 Å². The highest BCUT2D eigenvalue weighted by atomic mass is 35.5. The third kappa shape index (κ3) is 1.36. The number of benzene rings is 1. The molecule has 1 fully saturated rings. The summed E-state index contributed by atoms with van der Waals surface area (Å²) in [5.41, 5.74) is 4.10. The molecule has 2 aliphatic rings. The van der Waals surface area contributed by atoms with E-state index in [0.717, 1.165) is 24.5 Å². The molecule has 1 aromatic carbocycles. The second kappa shape index (κ2) is 3.64. The molecule has 1 unspecified atom stereocenters. The predicted molar refractivity (Wildman–Crippen MR) is 68.5 cm³/mol. The second-order valence-corrected chi connectivity index (χ2v) is 5.36. The lowest BCUT2D eigenvalue weighted by Gasteiger charge is -2.39. The van der Waals surface area contributed by atoms with Crippen LogP contribution in [-0.2, 0) is 6.42 Å². The first-order chi connectivity index (χ1) is 7.68. The SMILES string of the molecule is Cc1c(Cl)ccc2c1N1C(C)CNC[C@@H]1C2. The van der Waals surface area contributed by atoms with Crippen molar-refractivity contribution in [2.24, 2.45) is 0 Å². The molecule has 2 nitrogen and oxygen atoms in total. The minimum Gasteiger partial charge on any atom is -0.362 e. The summed E-state index contributed by atoms with van der Waals surface area (Å²) in [6.45, 7) is 6.59. The average molecular weight is 237 g/mol. The van der Waals surface area contributed by atoms with Gasteiger partial charge in [-0.2, -0.15) is 0 Å². The van der Waals surface area contributed by atoms with Crippen LogP contribution in [0, 0.1) is 6.92 Å². The highest BCUT2D eigenvalue weighted by molar-refractivity contribution is 6.31. The van der Waals surface area contributed by atoms with E-state index in [1.807, 2.05) is 6.07 Å². The molecule has 0 bridgehead atoms. The minimum absolute atomic E-state index is 0.567. The monoisotopic (exact) mass is 236 g/mol. The third-order valence-electron chi connectivity index (χ3n) is 3.85. The van der Waals surface area contributed by atoms with Crippen molar-refractivity contribution in [1.29, 1.82) is 0 Å². The van der Waals surface area contributed by atoms with Crippen molar-refractivity contribution >= 4 is 17.3 Å². The first-order valence-electron chi connectivity index (χ1n) is 5.95. The molecule has 16 heavy (non-hydrogen) atoms. The molecule has 1 aromatic rings. The molecule has 1 saturated heterocycles. The van der Waals surface area contributed by atoms with Crippen molar-refractivity contribution in [2.75, 3.05) is 18.0 Å². The fourth-order valence-corrected chi connectivity index (χ4v) is 3.25. The zero-order valence-corrected chi connectivity index (χ0v) is 10.5. The Labute approximate surface area is 102 Å². The molecule has 2 atom stereocenters. The van der Waals surface area contributed by atoms with Gasteiger partial charge in [-0.3, -0.25) is 0 Å². The van der Waals surface area contributed by atoms with Gasteiger partial charge in [-0.25, -0.2) is 0 Å². The number of fused-ring (bicyclic) bond motifs is 3. The molecular weight excluding hydrogens is 220 g/mol. The lowest BCUT2D eigenvalue weighted by Crippen LogP contribution is -2.55. The van der Waals surface area contributed by atoms with Crippen molar-refractivity contribution in [2.45, 2.75) is 32.4 Å². The van der Waals surface area contributed by atoms with Gasteiger partial charge in [0.05, 0.1) is 0 Å². The molecule has 3 heteroatoms. The molecule has 2 aliphatic heterocycles. The Hall–Kier alpha value is -0.730. The largest absolute Gasteiger partial charge is 0.362 e. The van der Waals surface area contributed by atoms with E-state index in [2.05, 4.69) is 30.1 Å². The number of hydrogen-bond acceptors (Lipinski definition) is 2. The van der Waals surface area contributed by atoms with Gasteiger partial charge in [-0.15, -0.1) is 0 Å². The number of nitrogens with zero attached hydrogens (tertiary/aromatic N) is 1. The van der Waals surface area contributed by atoms with E-state index in [1.165, 1.54) is 16.8 Å². The summed E-state index contributed by atoms with van der Waals surface area (Å²) >= 11 is 6.23. The summed E-state index contributed by atoms with van der Waals surface area (Å²) in [7, 11) is 0. The van der Waals surface area contributed by atoms with Gasteiger partial charge in [0.1, 0.15) is 0 Å². The van der Waals surface area contributed by atoms with Crippen molar-refractivity contribution < 1.29 is 0 Å². The Morgan fingerprint density at radius 2 is 2.19 bits per heavy atom. The lowest BCUT2D eigenvalue weighted by molar-refractivity contribution is 0.429. The van der Waals surface area contributed by atoms with Crippen molar-refractivity contribution in [3.8, 4) is 0 Å². The zero-order chi connectivity index (χ0) is 11.3. The van der Waals surface area contributed by atoms with Crippen LogP contribution in [0.5, 0.6) is 0 Å². The van der Waals surface area contributed by atoms with Gasteiger partial charge in [0.25, 0.3) is 0 Å². The van der Waals surface area contributed by atoms with Crippen molar-refractivity contribution in [1.82, 2.24) is 5.32 Å². The zero-order valence-electron chi connectivity index (χ0n) is 9.76. The van der Waals surface area contributed by atoms with Crippen LogP contribution in [0.25, 0.3) is 0 Å². The predicted octanol–water partition coefficient (Wildman–Crippen LogP) is 2.37. The van der Waals surface area contributed by atoms with E-state index in [-0.39, 0.29) is 0 Å². The number of piperazine rings is 1. The number of nitrogens with one attached hydrogen (secondary N) is 1. The smallest absolute Gasteiger partial charge is 0.0459 e. The summed E-state index contributed by atoms with van der Waals surface area (Å²) in [4.78, 5) is 2.56. The summed E-state index contributed by atoms with van der Waals surface area (Å²) in [6, 6.07) is 5.41. The molecule has 0 aliphatic carbocycles. The molecule has 1 N–H and O–H groups in total. The third-order valence-corrected chi connectivity index (χ3v) is 4.26. The van der Waals surface area contributed by atoms with Gasteiger partial charge in [-0.1, -0.05) is 17.7 Å². The van der Waals surface area contributed by atoms with Crippen LogP contribution in [-0.4, -0.2) is 25.2 Å². The minimum atomic E-state index is 0.567. The van der Waals surface area contributed by atoms with Gasteiger partial charge < -0.3 is 10.2 Å². The first kappa shape index (κ1) is 10.4. The van der Waals surface area contributed by atoms with Gasteiger partial charge in [0, 0.05) is 35.9 Å². The molecule has 0 aromatic heterocycles. The van der Waals surface area contributed by atoms with E-state index in [1.54, 1.807) is 0 Å². The second-order valence-electron chi connectivity index (χ2n) is 4.95. The van der Waals surface area contributed by atoms with Gasteiger partial charge >= 0.3 is 0 Å². The fraction of sp³-hybridized carbons (Fsp3) is 0.538. The molecule has 0 amide bonds. The van der Waals surface area contributed by atoms with Crippen LogP contribution in [0.15, 0.2) is 12.1 Å². The molecule has 0 saturated carbocycles. The van der Waals surface area contributed by atoms with E-state index >= 15 is 0 Å². The summed E-state index contributed by atoms with van der Waals surface area (Å²) < 4.78 is 0. The molecule has 2 heterocycles. The van der Waals surface area contributed by atoms with E-state index < -0.39 is 0 Å². The maximum absolute atomic E-state index is 6.23. The molecule has 3 rings (SSSR count). The summed E-state index contributed by atoms with van der Waals surface area (Å²) in [5, 5.41) is 4.39. The lowest BCUT2D eigenvalue weighted by atomic mass is 10.1. The number of rotatable bonds is 0. The van der Waals surface area contributed by atoms with Crippen LogP contribution >= 0.6 is 11.6 Å².